The maximum atomic E-state index is 11.7. The van der Waals surface area contributed by atoms with Crippen LogP contribution in [-0.4, -0.2) is 38.6 Å². The van der Waals surface area contributed by atoms with E-state index in [-0.39, 0.29) is 11.9 Å². The monoisotopic (exact) mass is 242 g/mol. The Morgan fingerprint density at radius 1 is 1.47 bits per heavy atom. The van der Waals surface area contributed by atoms with Gasteiger partial charge in [-0.2, -0.15) is 0 Å². The first-order chi connectivity index (χ1) is 7.95. The van der Waals surface area contributed by atoms with Gasteiger partial charge in [0.15, 0.2) is 0 Å². The van der Waals surface area contributed by atoms with Crippen LogP contribution < -0.4 is 10.6 Å². The molecule has 1 rings (SSSR count). The van der Waals surface area contributed by atoms with Crippen molar-refractivity contribution in [1.29, 1.82) is 0 Å². The van der Waals surface area contributed by atoms with Crippen LogP contribution in [0.4, 0.5) is 0 Å². The predicted octanol–water partition coefficient (Wildman–Crippen LogP) is 0.301. The number of hydrogen-bond donors (Lipinski definition) is 2. The van der Waals surface area contributed by atoms with Crippen LogP contribution in [0.5, 0.6) is 0 Å². The molecule has 0 aromatic rings. The lowest BCUT2D eigenvalue weighted by Gasteiger charge is -2.22. The molecular weight excluding hydrogens is 220 g/mol. The van der Waals surface area contributed by atoms with E-state index in [4.69, 9.17) is 0 Å². The van der Waals surface area contributed by atoms with E-state index >= 15 is 0 Å². The molecule has 0 aromatic carbocycles. The summed E-state index contributed by atoms with van der Waals surface area (Å²) in [6.45, 7) is 5.74. The van der Waals surface area contributed by atoms with Gasteiger partial charge in [0.05, 0.1) is 12.5 Å². The fourth-order valence-corrected chi connectivity index (χ4v) is 1.89. The van der Waals surface area contributed by atoms with E-state index in [1.165, 1.54) is 7.11 Å². The minimum Gasteiger partial charge on any atom is -0.469 e. The highest BCUT2D eigenvalue weighted by molar-refractivity contribution is 5.79. The maximum Gasteiger partial charge on any atom is 0.313 e. The average Bonchev–Trinajstić information content (AvgIpc) is 2.78. The van der Waals surface area contributed by atoms with E-state index < -0.39 is 5.41 Å². The van der Waals surface area contributed by atoms with Crippen LogP contribution >= 0.6 is 0 Å². The third-order valence-corrected chi connectivity index (χ3v) is 3.10. The Labute approximate surface area is 102 Å². The van der Waals surface area contributed by atoms with Crippen LogP contribution in [0, 0.1) is 11.3 Å². The third-order valence-electron chi connectivity index (χ3n) is 3.10. The molecule has 1 heterocycles. The summed E-state index contributed by atoms with van der Waals surface area (Å²) in [7, 11) is 1.36. The fraction of sp³-hybridized carbons (Fsp3) is 0.833. The molecule has 1 aliphatic heterocycles. The lowest BCUT2D eigenvalue weighted by Crippen LogP contribution is -2.40. The molecule has 0 saturated carbocycles. The minimum absolute atomic E-state index is 0.00989. The molecule has 0 spiro atoms. The van der Waals surface area contributed by atoms with Crippen molar-refractivity contribution in [2.75, 3.05) is 26.7 Å². The number of carbonyl (C=O) groups excluding carboxylic acids is 2. The Kier molecular flexibility index (Phi) is 4.93. The number of carbonyl (C=O) groups is 2. The van der Waals surface area contributed by atoms with E-state index in [2.05, 4.69) is 15.4 Å². The molecular formula is C12H22N2O3. The second kappa shape index (κ2) is 6.00. The van der Waals surface area contributed by atoms with Crippen molar-refractivity contribution in [2.45, 2.75) is 26.7 Å². The molecule has 5 heteroatoms. The Hall–Kier alpha value is -1.10. The van der Waals surface area contributed by atoms with Gasteiger partial charge in [0, 0.05) is 13.0 Å². The van der Waals surface area contributed by atoms with Crippen molar-refractivity contribution >= 4 is 11.9 Å². The molecule has 0 aliphatic carbocycles. The van der Waals surface area contributed by atoms with Crippen LogP contribution in [0.25, 0.3) is 0 Å². The summed E-state index contributed by atoms with van der Waals surface area (Å²) in [5.41, 5.74) is -0.668. The van der Waals surface area contributed by atoms with Crippen LogP contribution in [0.3, 0.4) is 0 Å². The van der Waals surface area contributed by atoms with Gasteiger partial charge in [-0.25, -0.2) is 0 Å². The van der Waals surface area contributed by atoms with Gasteiger partial charge in [-0.15, -0.1) is 0 Å². The summed E-state index contributed by atoms with van der Waals surface area (Å²) in [5, 5.41) is 6.02. The number of amides is 1. The standard InChI is InChI=1S/C12H22N2O3/c1-12(2,11(16)17-3)8-14-10(15)6-9-4-5-13-7-9/h9,13H,4-8H2,1-3H3,(H,14,15). The van der Waals surface area contributed by atoms with Crippen LogP contribution in [-0.2, 0) is 14.3 Å². The summed E-state index contributed by atoms with van der Waals surface area (Å²) in [6.07, 6.45) is 1.58. The van der Waals surface area contributed by atoms with Crippen molar-refractivity contribution in [3.63, 3.8) is 0 Å². The van der Waals surface area contributed by atoms with Crippen molar-refractivity contribution < 1.29 is 14.3 Å². The number of nitrogens with one attached hydrogen (secondary N) is 2. The highest BCUT2D eigenvalue weighted by atomic mass is 16.5. The quantitative estimate of drug-likeness (QED) is 0.681. The second-order valence-electron chi connectivity index (χ2n) is 5.22. The predicted molar refractivity (Wildman–Crippen MR) is 64.4 cm³/mol. The molecule has 0 radical (unpaired) electrons. The second-order valence-corrected chi connectivity index (χ2v) is 5.22. The Balaban J connectivity index is 2.29. The van der Waals surface area contributed by atoms with Gasteiger partial charge in [0.2, 0.25) is 5.91 Å². The van der Waals surface area contributed by atoms with E-state index in [0.29, 0.717) is 18.9 Å². The van der Waals surface area contributed by atoms with Crippen LogP contribution in [0.2, 0.25) is 0 Å². The van der Waals surface area contributed by atoms with Crippen LogP contribution in [0.15, 0.2) is 0 Å². The fourth-order valence-electron chi connectivity index (χ4n) is 1.89. The van der Waals surface area contributed by atoms with Crippen molar-refractivity contribution in [2.24, 2.45) is 11.3 Å². The van der Waals surface area contributed by atoms with Gasteiger partial charge in [-0.3, -0.25) is 9.59 Å². The first-order valence-corrected chi connectivity index (χ1v) is 6.01. The summed E-state index contributed by atoms with van der Waals surface area (Å²) >= 11 is 0. The first-order valence-electron chi connectivity index (χ1n) is 6.01. The Morgan fingerprint density at radius 3 is 2.71 bits per heavy atom. The molecule has 1 unspecified atom stereocenters. The van der Waals surface area contributed by atoms with Gasteiger partial charge in [0.25, 0.3) is 0 Å². The smallest absolute Gasteiger partial charge is 0.313 e. The number of rotatable bonds is 5. The molecule has 2 N–H and O–H groups in total. The summed E-state index contributed by atoms with van der Waals surface area (Å²) in [5.74, 6) is 0.132. The molecule has 0 bridgehead atoms. The lowest BCUT2D eigenvalue weighted by molar-refractivity contribution is -0.150. The lowest BCUT2D eigenvalue weighted by atomic mass is 9.93. The van der Waals surface area contributed by atoms with Gasteiger partial charge in [-0.1, -0.05) is 0 Å². The highest BCUT2D eigenvalue weighted by Crippen LogP contribution is 2.16. The van der Waals surface area contributed by atoms with Crippen molar-refractivity contribution in [3.05, 3.63) is 0 Å². The van der Waals surface area contributed by atoms with Gasteiger partial charge in [0.1, 0.15) is 0 Å². The SMILES string of the molecule is COC(=O)C(C)(C)CNC(=O)CC1CCNC1. The van der Waals surface area contributed by atoms with E-state index in [1.54, 1.807) is 13.8 Å². The topological polar surface area (TPSA) is 67.4 Å². The maximum absolute atomic E-state index is 11.7. The molecule has 1 atom stereocenters. The van der Waals surface area contributed by atoms with Crippen molar-refractivity contribution in [1.82, 2.24) is 10.6 Å². The highest BCUT2D eigenvalue weighted by Gasteiger charge is 2.29. The largest absolute Gasteiger partial charge is 0.469 e. The Bertz CT molecular complexity index is 283. The van der Waals surface area contributed by atoms with E-state index in [0.717, 1.165) is 19.5 Å². The molecule has 1 fully saturated rings. The van der Waals surface area contributed by atoms with Crippen molar-refractivity contribution in [3.8, 4) is 0 Å². The minimum atomic E-state index is -0.668. The van der Waals surface area contributed by atoms with Crippen LogP contribution in [0.1, 0.15) is 26.7 Å². The van der Waals surface area contributed by atoms with Gasteiger partial charge >= 0.3 is 5.97 Å². The zero-order chi connectivity index (χ0) is 12.9. The van der Waals surface area contributed by atoms with E-state index in [1.807, 2.05) is 0 Å². The Morgan fingerprint density at radius 2 is 2.18 bits per heavy atom. The summed E-state index contributed by atoms with van der Waals surface area (Å²) < 4.78 is 4.68. The van der Waals surface area contributed by atoms with E-state index in [9.17, 15) is 9.59 Å². The molecule has 0 aromatic heterocycles. The van der Waals surface area contributed by atoms with Gasteiger partial charge < -0.3 is 15.4 Å². The zero-order valence-electron chi connectivity index (χ0n) is 10.8. The molecule has 1 aliphatic rings. The molecule has 1 amide bonds. The molecule has 98 valence electrons. The molecule has 1 saturated heterocycles. The first kappa shape index (κ1) is 14.0. The molecule has 17 heavy (non-hydrogen) atoms. The summed E-state index contributed by atoms with van der Waals surface area (Å²) in [6, 6.07) is 0. The number of hydrogen-bond acceptors (Lipinski definition) is 4. The number of methoxy groups -OCH3 is 1. The number of esters is 1. The average molecular weight is 242 g/mol. The molecule has 5 nitrogen and oxygen atoms in total. The van der Waals surface area contributed by atoms with Gasteiger partial charge in [-0.05, 0) is 39.3 Å². The third kappa shape index (κ3) is 4.34. The zero-order valence-corrected chi connectivity index (χ0v) is 10.8. The summed E-state index contributed by atoms with van der Waals surface area (Å²) in [4.78, 5) is 23.1. The normalized spacial score (nSPS) is 20.1. The number of ether oxygens (including phenoxy) is 1.